The number of nitrogen functional groups attached to an aromatic ring is 1. The minimum Gasteiger partial charge on any atom is -0.444 e. The average Bonchev–Trinajstić information content (AvgIpc) is 2.53. The number of carbonyl (C=O) groups excluding carboxylic acids is 1. The van der Waals surface area contributed by atoms with E-state index in [0.717, 1.165) is 10.8 Å². The summed E-state index contributed by atoms with van der Waals surface area (Å²) < 4.78 is 5.14. The third-order valence-corrected chi connectivity index (χ3v) is 3.38. The first kappa shape index (κ1) is 17.6. The molecule has 2 rings (SSSR count). The fourth-order valence-electron chi connectivity index (χ4n) is 2.11. The number of nitrogens with two attached hydrogens (primary N) is 1. The highest BCUT2D eigenvalue weighted by molar-refractivity contribution is 6.29. The van der Waals surface area contributed by atoms with Gasteiger partial charge in [0.15, 0.2) is 0 Å². The van der Waals surface area contributed by atoms with Gasteiger partial charge in [-0.2, -0.15) is 0 Å². The normalized spacial score (nSPS) is 12.1. The van der Waals surface area contributed by atoms with E-state index in [1.165, 1.54) is 0 Å². The Morgan fingerprint density at radius 2 is 2.12 bits per heavy atom. The van der Waals surface area contributed by atoms with Crippen LogP contribution in [0.1, 0.15) is 12.5 Å². The SMILES string of the molecule is C=C(/C=c1/cc(Cl)nc(N)/c1=C/C)NC(=O)OCc1ccccc1. The first-order chi connectivity index (χ1) is 11.5. The van der Waals surface area contributed by atoms with E-state index in [0.29, 0.717) is 16.7 Å². The number of pyridine rings is 1. The van der Waals surface area contributed by atoms with E-state index in [9.17, 15) is 4.79 Å². The molecule has 0 radical (unpaired) electrons. The van der Waals surface area contributed by atoms with Crippen molar-refractivity contribution in [3.8, 4) is 0 Å². The first-order valence-electron chi connectivity index (χ1n) is 7.26. The molecule has 1 amide bonds. The van der Waals surface area contributed by atoms with Gasteiger partial charge in [0.25, 0.3) is 0 Å². The second-order valence-electron chi connectivity index (χ2n) is 4.98. The second kappa shape index (κ2) is 8.17. The minimum atomic E-state index is -0.588. The highest BCUT2D eigenvalue weighted by atomic mass is 35.5. The van der Waals surface area contributed by atoms with Crippen molar-refractivity contribution in [3.05, 3.63) is 69.8 Å². The summed E-state index contributed by atoms with van der Waals surface area (Å²) in [5.74, 6) is 0.315. The molecule has 0 fully saturated rings. The summed E-state index contributed by atoms with van der Waals surface area (Å²) in [5.41, 5.74) is 7.09. The number of hydrogen-bond donors (Lipinski definition) is 2. The summed E-state index contributed by atoms with van der Waals surface area (Å²) >= 11 is 5.92. The molecule has 0 atom stereocenters. The first-order valence-corrected chi connectivity index (χ1v) is 7.64. The van der Waals surface area contributed by atoms with Crippen LogP contribution in [-0.4, -0.2) is 11.1 Å². The average molecular weight is 344 g/mol. The monoisotopic (exact) mass is 343 g/mol. The Labute approximate surface area is 145 Å². The van der Waals surface area contributed by atoms with Crippen LogP contribution in [0.4, 0.5) is 10.6 Å². The van der Waals surface area contributed by atoms with Crippen LogP contribution in [0, 0.1) is 0 Å². The van der Waals surface area contributed by atoms with Crippen molar-refractivity contribution < 1.29 is 9.53 Å². The Morgan fingerprint density at radius 3 is 2.79 bits per heavy atom. The van der Waals surface area contributed by atoms with Crippen molar-refractivity contribution in [3.63, 3.8) is 0 Å². The van der Waals surface area contributed by atoms with Crippen molar-refractivity contribution in [1.29, 1.82) is 0 Å². The second-order valence-corrected chi connectivity index (χ2v) is 5.37. The number of halogens is 1. The van der Waals surface area contributed by atoms with Gasteiger partial charge in [0.2, 0.25) is 0 Å². The van der Waals surface area contributed by atoms with Gasteiger partial charge in [-0.1, -0.05) is 54.6 Å². The molecule has 0 spiro atoms. The number of carbonyl (C=O) groups is 1. The van der Waals surface area contributed by atoms with Crippen LogP contribution < -0.4 is 21.5 Å². The van der Waals surface area contributed by atoms with Gasteiger partial charge in [0, 0.05) is 10.9 Å². The summed E-state index contributed by atoms with van der Waals surface area (Å²) in [6, 6.07) is 11.1. The number of aromatic nitrogens is 1. The van der Waals surface area contributed by atoms with E-state index < -0.39 is 6.09 Å². The number of nitrogens with zero attached hydrogens (tertiary/aromatic N) is 1. The molecule has 1 aromatic carbocycles. The molecular weight excluding hydrogens is 326 g/mol. The van der Waals surface area contributed by atoms with Crippen LogP contribution in [0.3, 0.4) is 0 Å². The van der Waals surface area contributed by atoms with Gasteiger partial charge in [0.05, 0.1) is 0 Å². The zero-order valence-corrected chi connectivity index (χ0v) is 14.0. The van der Waals surface area contributed by atoms with E-state index in [2.05, 4.69) is 16.9 Å². The molecule has 0 saturated heterocycles. The number of anilines is 1. The van der Waals surface area contributed by atoms with E-state index in [1.807, 2.05) is 43.3 Å². The molecule has 0 aliphatic rings. The van der Waals surface area contributed by atoms with Gasteiger partial charge < -0.3 is 10.5 Å². The largest absolute Gasteiger partial charge is 0.444 e. The maximum atomic E-state index is 11.8. The quantitative estimate of drug-likeness (QED) is 0.835. The molecule has 124 valence electrons. The maximum Gasteiger partial charge on any atom is 0.411 e. The fraction of sp³-hybridized carbons (Fsp3) is 0.111. The van der Waals surface area contributed by atoms with Crippen LogP contribution in [-0.2, 0) is 11.3 Å². The smallest absolute Gasteiger partial charge is 0.411 e. The summed E-state index contributed by atoms with van der Waals surface area (Å²) in [4.78, 5) is 15.8. The minimum absolute atomic E-state index is 0.183. The molecule has 24 heavy (non-hydrogen) atoms. The van der Waals surface area contributed by atoms with Gasteiger partial charge in [-0.25, -0.2) is 9.78 Å². The third kappa shape index (κ3) is 4.86. The molecule has 1 heterocycles. The van der Waals surface area contributed by atoms with Gasteiger partial charge in [-0.15, -0.1) is 0 Å². The molecular formula is C18H18ClN3O2. The maximum absolute atomic E-state index is 11.8. The highest BCUT2D eigenvalue weighted by Gasteiger charge is 2.04. The molecule has 5 nitrogen and oxygen atoms in total. The summed E-state index contributed by atoms with van der Waals surface area (Å²) in [7, 11) is 0. The predicted octanol–water partition coefficient (Wildman–Crippen LogP) is 2.34. The van der Waals surface area contributed by atoms with Crippen LogP contribution in [0.5, 0.6) is 0 Å². The number of rotatable bonds is 4. The van der Waals surface area contributed by atoms with Crippen molar-refractivity contribution in [2.75, 3.05) is 5.73 Å². The lowest BCUT2D eigenvalue weighted by Crippen LogP contribution is -2.31. The lowest BCUT2D eigenvalue weighted by atomic mass is 10.2. The molecule has 0 saturated carbocycles. The summed E-state index contributed by atoms with van der Waals surface area (Å²) in [5, 5.41) is 4.26. The predicted molar refractivity (Wildman–Crippen MR) is 96.4 cm³/mol. The number of hydrogen-bond acceptors (Lipinski definition) is 4. The zero-order chi connectivity index (χ0) is 17.5. The Balaban J connectivity index is 2.07. The Kier molecular flexibility index (Phi) is 5.98. The lowest BCUT2D eigenvalue weighted by Gasteiger charge is -2.07. The van der Waals surface area contributed by atoms with Gasteiger partial charge in [-0.3, -0.25) is 5.32 Å². The van der Waals surface area contributed by atoms with E-state index >= 15 is 0 Å². The Hall–Kier alpha value is -2.79. The Morgan fingerprint density at radius 1 is 1.42 bits per heavy atom. The molecule has 0 bridgehead atoms. The number of alkyl carbamates (subject to hydrolysis) is 1. The highest BCUT2D eigenvalue weighted by Crippen LogP contribution is 2.02. The molecule has 0 aliphatic carbocycles. The lowest BCUT2D eigenvalue weighted by molar-refractivity contribution is 0.143. The molecule has 1 aromatic heterocycles. The van der Waals surface area contributed by atoms with Crippen LogP contribution >= 0.6 is 11.6 Å². The van der Waals surface area contributed by atoms with Crippen LogP contribution in [0.2, 0.25) is 5.15 Å². The van der Waals surface area contributed by atoms with Crippen LogP contribution in [0.25, 0.3) is 12.2 Å². The van der Waals surface area contributed by atoms with Gasteiger partial charge in [-0.05, 0) is 29.8 Å². The summed E-state index contributed by atoms with van der Waals surface area (Å²) in [6.45, 7) is 5.81. The van der Waals surface area contributed by atoms with E-state index in [-0.39, 0.29) is 11.8 Å². The van der Waals surface area contributed by atoms with Crippen molar-refractivity contribution >= 4 is 35.7 Å². The molecule has 3 N–H and O–H groups in total. The third-order valence-electron chi connectivity index (χ3n) is 3.18. The van der Waals surface area contributed by atoms with E-state index in [1.54, 1.807) is 12.1 Å². The van der Waals surface area contributed by atoms with Crippen molar-refractivity contribution in [2.24, 2.45) is 0 Å². The molecule has 0 aliphatic heterocycles. The van der Waals surface area contributed by atoms with Crippen molar-refractivity contribution in [2.45, 2.75) is 13.5 Å². The topological polar surface area (TPSA) is 77.2 Å². The number of nitrogens with one attached hydrogen (secondary N) is 1. The fourth-order valence-corrected chi connectivity index (χ4v) is 2.32. The number of amides is 1. The zero-order valence-electron chi connectivity index (χ0n) is 13.3. The van der Waals surface area contributed by atoms with Crippen molar-refractivity contribution in [1.82, 2.24) is 10.3 Å². The van der Waals surface area contributed by atoms with Crippen LogP contribution in [0.15, 0.2) is 48.7 Å². The molecule has 0 unspecified atom stereocenters. The van der Waals surface area contributed by atoms with Gasteiger partial charge >= 0.3 is 6.09 Å². The summed E-state index contributed by atoms with van der Waals surface area (Å²) in [6.07, 6.45) is 2.88. The number of benzene rings is 1. The molecule has 2 aromatic rings. The Bertz CT molecular complexity index is 864. The molecule has 6 heteroatoms. The van der Waals surface area contributed by atoms with Gasteiger partial charge in [0.1, 0.15) is 17.6 Å². The number of allylic oxidation sites excluding steroid dienone is 1. The number of ether oxygens (including phenoxy) is 1. The van der Waals surface area contributed by atoms with E-state index in [4.69, 9.17) is 22.1 Å². The standard InChI is InChI=1S/C18H18ClN3O2/c1-3-15-14(10-16(19)22-17(15)20)9-12(2)21-18(23)24-11-13-7-5-4-6-8-13/h3-10H,2,11H2,1H3,(H2,20,22)(H,21,23)/b14-9-,15-3+.